The molecule has 2 heterocycles. The summed E-state index contributed by atoms with van der Waals surface area (Å²) < 4.78 is 0. The van der Waals surface area contributed by atoms with Crippen LogP contribution < -0.4 is 10.2 Å². The highest BCUT2D eigenvalue weighted by molar-refractivity contribution is 5.58. The van der Waals surface area contributed by atoms with Crippen molar-refractivity contribution < 1.29 is 0 Å². The van der Waals surface area contributed by atoms with Crippen molar-refractivity contribution in [3.8, 4) is 0 Å². The zero-order valence-corrected chi connectivity index (χ0v) is 12.9. The lowest BCUT2D eigenvalue weighted by molar-refractivity contribution is 0.279. The van der Waals surface area contributed by atoms with Crippen LogP contribution in [0.1, 0.15) is 45.0 Å². The molecule has 1 fully saturated rings. The number of aryl methyl sites for hydroxylation is 1. The fourth-order valence-electron chi connectivity index (χ4n) is 2.58. The van der Waals surface area contributed by atoms with Crippen LogP contribution in [0.15, 0.2) is 0 Å². The van der Waals surface area contributed by atoms with E-state index in [2.05, 4.69) is 47.9 Å². The molecule has 0 unspecified atom stereocenters. The molecule has 0 aromatic carbocycles. The highest BCUT2D eigenvalue weighted by Gasteiger charge is 2.27. The number of rotatable bonds is 3. The topological polar surface area (TPSA) is 41.1 Å². The van der Waals surface area contributed by atoms with Gasteiger partial charge in [-0.3, -0.25) is 0 Å². The molecule has 0 spiro atoms. The Morgan fingerprint density at radius 2 is 1.79 bits per heavy atom. The zero-order valence-electron chi connectivity index (χ0n) is 12.9. The highest BCUT2D eigenvalue weighted by atomic mass is 15.2. The molecule has 4 nitrogen and oxygen atoms in total. The molecular formula is C15H26N4. The fraction of sp³-hybridized carbons (Fsp3) is 0.733. The van der Waals surface area contributed by atoms with Gasteiger partial charge in [0.05, 0.1) is 0 Å². The van der Waals surface area contributed by atoms with Crippen LogP contribution in [-0.2, 0) is 0 Å². The predicted octanol–water partition coefficient (Wildman–Crippen LogP) is 3.15. The molecule has 1 aliphatic heterocycles. The molecule has 1 aliphatic rings. The Labute approximate surface area is 116 Å². The van der Waals surface area contributed by atoms with E-state index in [-0.39, 0.29) is 0 Å². The van der Waals surface area contributed by atoms with Gasteiger partial charge in [-0.15, -0.1) is 0 Å². The highest BCUT2D eigenvalue weighted by Crippen LogP contribution is 2.33. The normalized spacial score (nSPS) is 18.5. The van der Waals surface area contributed by atoms with Crippen LogP contribution in [0.3, 0.4) is 0 Å². The third-order valence-corrected chi connectivity index (χ3v) is 3.99. The first-order valence-corrected chi connectivity index (χ1v) is 7.27. The van der Waals surface area contributed by atoms with Crippen LogP contribution >= 0.6 is 0 Å². The summed E-state index contributed by atoms with van der Waals surface area (Å²) in [6, 6.07) is 0. The zero-order chi connectivity index (χ0) is 14.0. The standard InChI is InChI=1S/C15H26N4/c1-6-16-13-11(2)14(18-12(3)17-13)19-9-7-15(4,5)8-10-19/h6-10H2,1-5H3,(H,16,17,18). The maximum atomic E-state index is 4.66. The summed E-state index contributed by atoms with van der Waals surface area (Å²) in [5.74, 6) is 2.94. The van der Waals surface area contributed by atoms with Crippen molar-refractivity contribution in [2.75, 3.05) is 29.9 Å². The van der Waals surface area contributed by atoms with Crippen molar-refractivity contribution in [3.05, 3.63) is 11.4 Å². The predicted molar refractivity (Wildman–Crippen MR) is 80.9 cm³/mol. The van der Waals surface area contributed by atoms with Gasteiger partial charge in [-0.25, -0.2) is 9.97 Å². The number of hydrogen-bond donors (Lipinski definition) is 1. The van der Waals surface area contributed by atoms with E-state index in [0.29, 0.717) is 5.41 Å². The molecular weight excluding hydrogens is 236 g/mol. The van der Waals surface area contributed by atoms with Crippen molar-refractivity contribution in [2.45, 2.75) is 47.5 Å². The van der Waals surface area contributed by atoms with Crippen LogP contribution in [-0.4, -0.2) is 29.6 Å². The summed E-state index contributed by atoms with van der Waals surface area (Å²) in [5, 5.41) is 3.33. The van der Waals surface area contributed by atoms with Gasteiger partial charge < -0.3 is 10.2 Å². The number of hydrogen-bond acceptors (Lipinski definition) is 4. The average molecular weight is 262 g/mol. The van der Waals surface area contributed by atoms with Crippen LogP contribution in [0.5, 0.6) is 0 Å². The van der Waals surface area contributed by atoms with E-state index in [1.807, 2.05) is 6.92 Å². The molecule has 0 atom stereocenters. The molecule has 19 heavy (non-hydrogen) atoms. The third-order valence-electron chi connectivity index (χ3n) is 3.99. The summed E-state index contributed by atoms with van der Waals surface area (Å²) in [4.78, 5) is 11.6. The lowest BCUT2D eigenvalue weighted by Gasteiger charge is -2.38. The monoisotopic (exact) mass is 262 g/mol. The first-order chi connectivity index (χ1) is 8.93. The third kappa shape index (κ3) is 3.17. The summed E-state index contributed by atoms with van der Waals surface area (Å²) in [6.45, 7) is 14.0. The SMILES string of the molecule is CCNc1nc(C)nc(N2CCC(C)(C)CC2)c1C. The van der Waals surface area contributed by atoms with E-state index < -0.39 is 0 Å². The molecule has 0 radical (unpaired) electrons. The van der Waals surface area contributed by atoms with Gasteiger partial charge in [0, 0.05) is 25.2 Å². The smallest absolute Gasteiger partial charge is 0.137 e. The Hall–Kier alpha value is -1.32. The largest absolute Gasteiger partial charge is 0.370 e. The van der Waals surface area contributed by atoms with E-state index in [0.717, 1.165) is 37.1 Å². The molecule has 0 saturated carbocycles. The molecule has 4 heteroatoms. The Morgan fingerprint density at radius 3 is 2.37 bits per heavy atom. The number of piperidine rings is 1. The minimum Gasteiger partial charge on any atom is -0.370 e. The van der Waals surface area contributed by atoms with Gasteiger partial charge in [-0.2, -0.15) is 0 Å². The first-order valence-electron chi connectivity index (χ1n) is 7.27. The van der Waals surface area contributed by atoms with Gasteiger partial charge in [-0.1, -0.05) is 13.8 Å². The first kappa shape index (κ1) is 14.1. The molecule has 1 saturated heterocycles. The molecule has 0 aliphatic carbocycles. The molecule has 2 rings (SSSR count). The second-order valence-electron chi connectivity index (χ2n) is 6.25. The van der Waals surface area contributed by atoms with E-state index in [1.165, 1.54) is 18.4 Å². The molecule has 1 N–H and O–H groups in total. The van der Waals surface area contributed by atoms with Gasteiger partial charge in [0.2, 0.25) is 0 Å². The van der Waals surface area contributed by atoms with E-state index in [9.17, 15) is 0 Å². The lowest BCUT2D eigenvalue weighted by Crippen LogP contribution is -2.38. The van der Waals surface area contributed by atoms with Gasteiger partial charge in [-0.05, 0) is 39.0 Å². The Morgan fingerprint density at radius 1 is 1.16 bits per heavy atom. The van der Waals surface area contributed by atoms with E-state index in [4.69, 9.17) is 0 Å². The van der Waals surface area contributed by atoms with Crippen LogP contribution in [0, 0.1) is 19.3 Å². The van der Waals surface area contributed by atoms with Crippen LogP contribution in [0.2, 0.25) is 0 Å². The summed E-state index contributed by atoms with van der Waals surface area (Å²) in [5.41, 5.74) is 1.64. The molecule has 0 bridgehead atoms. The number of anilines is 2. The lowest BCUT2D eigenvalue weighted by atomic mass is 9.82. The number of nitrogens with zero attached hydrogens (tertiary/aromatic N) is 3. The Bertz CT molecular complexity index is 444. The van der Waals surface area contributed by atoms with Crippen molar-refractivity contribution in [1.29, 1.82) is 0 Å². The number of nitrogens with one attached hydrogen (secondary N) is 1. The summed E-state index contributed by atoms with van der Waals surface area (Å²) in [7, 11) is 0. The van der Waals surface area contributed by atoms with Crippen LogP contribution in [0.4, 0.5) is 11.6 Å². The van der Waals surface area contributed by atoms with Gasteiger partial charge in [0.25, 0.3) is 0 Å². The second-order valence-corrected chi connectivity index (χ2v) is 6.25. The fourth-order valence-corrected chi connectivity index (χ4v) is 2.58. The van der Waals surface area contributed by atoms with Gasteiger partial charge >= 0.3 is 0 Å². The summed E-state index contributed by atoms with van der Waals surface area (Å²) in [6.07, 6.45) is 2.46. The maximum absolute atomic E-state index is 4.66. The van der Waals surface area contributed by atoms with Gasteiger partial charge in [0.15, 0.2) is 0 Å². The van der Waals surface area contributed by atoms with E-state index in [1.54, 1.807) is 0 Å². The minimum atomic E-state index is 0.469. The van der Waals surface area contributed by atoms with Crippen molar-refractivity contribution in [3.63, 3.8) is 0 Å². The average Bonchev–Trinajstić information content (AvgIpc) is 2.34. The Balaban J connectivity index is 2.25. The molecule has 1 aromatic heterocycles. The second kappa shape index (κ2) is 5.35. The molecule has 0 amide bonds. The quantitative estimate of drug-likeness (QED) is 0.908. The van der Waals surface area contributed by atoms with Crippen molar-refractivity contribution in [2.24, 2.45) is 5.41 Å². The number of aromatic nitrogens is 2. The van der Waals surface area contributed by atoms with Crippen molar-refractivity contribution in [1.82, 2.24) is 9.97 Å². The van der Waals surface area contributed by atoms with Crippen LogP contribution in [0.25, 0.3) is 0 Å². The minimum absolute atomic E-state index is 0.469. The maximum Gasteiger partial charge on any atom is 0.137 e. The van der Waals surface area contributed by atoms with Crippen molar-refractivity contribution >= 4 is 11.6 Å². The summed E-state index contributed by atoms with van der Waals surface area (Å²) >= 11 is 0. The molecule has 106 valence electrons. The van der Waals surface area contributed by atoms with Gasteiger partial charge in [0.1, 0.15) is 17.5 Å². The Kier molecular flexibility index (Phi) is 3.97. The van der Waals surface area contributed by atoms with E-state index >= 15 is 0 Å². The molecule has 1 aromatic rings.